The van der Waals surface area contributed by atoms with Crippen LogP contribution in [0.15, 0.2) is 68.8 Å². The van der Waals surface area contributed by atoms with Crippen LogP contribution in [0.3, 0.4) is 0 Å². The Hall–Kier alpha value is -2.32. The van der Waals surface area contributed by atoms with Crippen LogP contribution in [0.5, 0.6) is 0 Å². The molecule has 0 radical (unpaired) electrons. The lowest BCUT2D eigenvalue weighted by atomic mass is 10.2. The molecule has 0 saturated carbocycles. The highest BCUT2D eigenvalue weighted by Crippen LogP contribution is 2.27. The molecule has 150 valence electrons. The number of carbonyl (C=O) groups is 1. The van der Waals surface area contributed by atoms with E-state index in [0.29, 0.717) is 42.8 Å². The van der Waals surface area contributed by atoms with E-state index in [1.54, 1.807) is 18.3 Å². The molecule has 1 aliphatic heterocycles. The first kappa shape index (κ1) is 20.0. The standard InChI is InChI=1S/C21H19BrFN3O2S/c22-16-7-5-15(6-8-16)19-13-24-21(28-19)29-14-20(27)26-11-9-25(10-12-26)18-4-2-1-3-17(18)23/h1-8,13H,9-12,14H2. The molecule has 2 aromatic carbocycles. The number of carbonyl (C=O) groups excluding carboxylic acids is 1. The van der Waals surface area contributed by atoms with Crippen molar-refractivity contribution in [1.82, 2.24) is 9.88 Å². The average Bonchev–Trinajstić information content (AvgIpc) is 3.22. The van der Waals surface area contributed by atoms with Gasteiger partial charge in [0.1, 0.15) is 5.82 Å². The van der Waals surface area contributed by atoms with Gasteiger partial charge in [-0.2, -0.15) is 0 Å². The zero-order valence-electron chi connectivity index (χ0n) is 15.6. The summed E-state index contributed by atoms with van der Waals surface area (Å²) in [7, 11) is 0. The van der Waals surface area contributed by atoms with Crippen LogP contribution < -0.4 is 4.90 Å². The molecule has 5 nitrogen and oxygen atoms in total. The number of aromatic nitrogens is 1. The fourth-order valence-electron chi connectivity index (χ4n) is 3.19. The second kappa shape index (κ2) is 9.00. The maximum atomic E-state index is 13.9. The van der Waals surface area contributed by atoms with E-state index in [1.165, 1.54) is 17.8 Å². The lowest BCUT2D eigenvalue weighted by molar-refractivity contribution is -0.128. The summed E-state index contributed by atoms with van der Waals surface area (Å²) >= 11 is 4.70. The number of rotatable bonds is 5. The third-order valence-corrected chi connectivity index (χ3v) is 6.11. The van der Waals surface area contributed by atoms with Crippen molar-refractivity contribution in [3.8, 4) is 11.3 Å². The quantitative estimate of drug-likeness (QED) is 0.501. The molecule has 2 heterocycles. The lowest BCUT2D eigenvalue weighted by Crippen LogP contribution is -2.49. The van der Waals surface area contributed by atoms with Crippen molar-refractivity contribution in [1.29, 1.82) is 0 Å². The normalized spacial score (nSPS) is 14.3. The van der Waals surface area contributed by atoms with Crippen molar-refractivity contribution in [3.05, 3.63) is 65.0 Å². The summed E-state index contributed by atoms with van der Waals surface area (Å²) in [6, 6.07) is 14.5. The summed E-state index contributed by atoms with van der Waals surface area (Å²) in [4.78, 5) is 20.6. The largest absolute Gasteiger partial charge is 0.431 e. The number of oxazole rings is 1. The first-order valence-electron chi connectivity index (χ1n) is 9.22. The molecule has 0 N–H and O–H groups in total. The molecule has 8 heteroatoms. The molecular weight excluding hydrogens is 457 g/mol. The van der Waals surface area contributed by atoms with Crippen molar-refractivity contribution < 1.29 is 13.6 Å². The minimum absolute atomic E-state index is 0.0339. The van der Waals surface area contributed by atoms with Crippen LogP contribution in [0.25, 0.3) is 11.3 Å². The van der Waals surface area contributed by atoms with E-state index >= 15 is 0 Å². The van der Waals surface area contributed by atoms with Crippen molar-refractivity contribution in [2.45, 2.75) is 5.22 Å². The van der Waals surface area contributed by atoms with E-state index in [2.05, 4.69) is 20.9 Å². The smallest absolute Gasteiger partial charge is 0.256 e. The van der Waals surface area contributed by atoms with Crippen LogP contribution in [-0.2, 0) is 4.79 Å². The maximum absolute atomic E-state index is 13.9. The molecule has 0 atom stereocenters. The number of amides is 1. The molecule has 1 aromatic heterocycles. The van der Waals surface area contributed by atoms with Crippen LogP contribution in [-0.4, -0.2) is 47.7 Å². The summed E-state index contributed by atoms with van der Waals surface area (Å²) in [6.45, 7) is 2.38. The van der Waals surface area contributed by atoms with E-state index in [9.17, 15) is 9.18 Å². The molecule has 0 spiro atoms. The molecule has 0 bridgehead atoms. The Balaban J connectivity index is 1.29. The molecule has 3 aromatic rings. The van der Waals surface area contributed by atoms with Gasteiger partial charge < -0.3 is 14.2 Å². The number of piperazine rings is 1. The van der Waals surface area contributed by atoms with Gasteiger partial charge in [0.15, 0.2) is 5.76 Å². The number of hydrogen-bond acceptors (Lipinski definition) is 5. The fraction of sp³-hybridized carbons (Fsp3) is 0.238. The Morgan fingerprint density at radius 1 is 1.10 bits per heavy atom. The van der Waals surface area contributed by atoms with E-state index < -0.39 is 0 Å². The van der Waals surface area contributed by atoms with Crippen LogP contribution in [0.4, 0.5) is 10.1 Å². The van der Waals surface area contributed by atoms with Crippen LogP contribution in [0.2, 0.25) is 0 Å². The number of para-hydroxylation sites is 1. The molecular formula is C21H19BrFN3O2S. The Bertz CT molecular complexity index is 988. The Labute approximate surface area is 181 Å². The summed E-state index contributed by atoms with van der Waals surface area (Å²) in [5, 5.41) is 0.473. The predicted molar refractivity (Wildman–Crippen MR) is 116 cm³/mol. The molecule has 1 saturated heterocycles. The summed E-state index contributed by atoms with van der Waals surface area (Å²) in [5.41, 5.74) is 1.53. The van der Waals surface area contributed by atoms with E-state index in [4.69, 9.17) is 4.42 Å². The number of hydrogen-bond donors (Lipinski definition) is 0. The topological polar surface area (TPSA) is 49.6 Å². The maximum Gasteiger partial charge on any atom is 0.256 e. The number of anilines is 1. The number of halogens is 2. The molecule has 1 amide bonds. The van der Waals surface area contributed by atoms with E-state index in [1.807, 2.05) is 40.1 Å². The second-order valence-electron chi connectivity index (χ2n) is 6.61. The van der Waals surface area contributed by atoms with E-state index in [-0.39, 0.29) is 17.5 Å². The van der Waals surface area contributed by atoms with Crippen LogP contribution in [0.1, 0.15) is 0 Å². The minimum atomic E-state index is -0.228. The third kappa shape index (κ3) is 4.82. The fourth-order valence-corrected chi connectivity index (χ4v) is 4.16. The van der Waals surface area contributed by atoms with Gasteiger partial charge >= 0.3 is 0 Å². The van der Waals surface area contributed by atoms with Gasteiger partial charge in [-0.05, 0) is 24.3 Å². The highest BCUT2D eigenvalue weighted by molar-refractivity contribution is 9.10. The third-order valence-electron chi connectivity index (χ3n) is 4.76. The monoisotopic (exact) mass is 475 g/mol. The van der Waals surface area contributed by atoms with Gasteiger partial charge in [0.25, 0.3) is 5.22 Å². The van der Waals surface area contributed by atoms with Gasteiger partial charge in [0, 0.05) is 36.2 Å². The second-order valence-corrected chi connectivity index (χ2v) is 8.45. The van der Waals surface area contributed by atoms with Gasteiger partial charge in [0.05, 0.1) is 17.6 Å². The molecule has 1 aliphatic rings. The molecule has 0 unspecified atom stereocenters. The number of thioether (sulfide) groups is 1. The average molecular weight is 476 g/mol. The van der Waals surface area contributed by atoms with Crippen molar-refractivity contribution >= 4 is 39.3 Å². The molecule has 0 aliphatic carbocycles. The van der Waals surface area contributed by atoms with E-state index in [0.717, 1.165) is 10.0 Å². The number of nitrogens with zero attached hydrogens (tertiary/aromatic N) is 3. The highest BCUT2D eigenvalue weighted by atomic mass is 79.9. The summed E-state index contributed by atoms with van der Waals surface area (Å²) < 4.78 is 20.7. The van der Waals surface area contributed by atoms with Gasteiger partial charge in [0.2, 0.25) is 5.91 Å². The summed E-state index contributed by atoms with van der Waals surface area (Å²) in [5.74, 6) is 0.741. The van der Waals surface area contributed by atoms with Crippen molar-refractivity contribution in [3.63, 3.8) is 0 Å². The van der Waals surface area contributed by atoms with Gasteiger partial charge in [-0.3, -0.25) is 4.79 Å². The zero-order valence-corrected chi connectivity index (χ0v) is 18.0. The van der Waals surface area contributed by atoms with Crippen molar-refractivity contribution in [2.24, 2.45) is 0 Å². The predicted octanol–water partition coefficient (Wildman–Crippen LogP) is 4.68. The minimum Gasteiger partial charge on any atom is -0.431 e. The molecule has 4 rings (SSSR count). The SMILES string of the molecule is O=C(CSc1ncc(-c2ccc(Br)cc2)o1)N1CCN(c2ccccc2F)CC1. The Morgan fingerprint density at radius 2 is 1.83 bits per heavy atom. The lowest BCUT2D eigenvalue weighted by Gasteiger charge is -2.36. The van der Waals surface area contributed by atoms with Crippen LogP contribution in [0, 0.1) is 5.82 Å². The number of benzene rings is 2. The first-order chi connectivity index (χ1) is 14.1. The zero-order chi connectivity index (χ0) is 20.2. The summed E-state index contributed by atoms with van der Waals surface area (Å²) in [6.07, 6.45) is 1.67. The Morgan fingerprint density at radius 3 is 2.55 bits per heavy atom. The highest BCUT2D eigenvalue weighted by Gasteiger charge is 2.23. The van der Waals surface area contributed by atoms with Gasteiger partial charge in [-0.1, -0.05) is 52.0 Å². The van der Waals surface area contributed by atoms with Gasteiger partial charge in [-0.25, -0.2) is 9.37 Å². The first-order valence-corrected chi connectivity index (χ1v) is 11.0. The van der Waals surface area contributed by atoms with Gasteiger partial charge in [-0.15, -0.1) is 0 Å². The molecule has 29 heavy (non-hydrogen) atoms. The van der Waals surface area contributed by atoms with Crippen molar-refractivity contribution in [2.75, 3.05) is 36.8 Å². The Kier molecular flexibility index (Phi) is 6.20. The van der Waals surface area contributed by atoms with Crippen LogP contribution >= 0.6 is 27.7 Å². The molecule has 1 fully saturated rings.